The van der Waals surface area contributed by atoms with Crippen molar-refractivity contribution >= 4 is 0 Å². The second-order valence-corrected chi connectivity index (χ2v) is 3.46. The van der Waals surface area contributed by atoms with Gasteiger partial charge >= 0.3 is 0 Å². The van der Waals surface area contributed by atoms with E-state index < -0.39 is 0 Å². The molecule has 0 aliphatic carbocycles. The van der Waals surface area contributed by atoms with Crippen LogP contribution in [0.3, 0.4) is 0 Å². The number of hydrogen-bond acceptors (Lipinski definition) is 2. The van der Waals surface area contributed by atoms with Gasteiger partial charge in [0.05, 0.1) is 6.10 Å². The van der Waals surface area contributed by atoms with E-state index in [1.165, 1.54) is 12.8 Å². The van der Waals surface area contributed by atoms with Crippen LogP contribution in [0.25, 0.3) is 0 Å². The van der Waals surface area contributed by atoms with Crippen LogP contribution in [0.1, 0.15) is 32.6 Å². The third-order valence-corrected chi connectivity index (χ3v) is 2.46. The van der Waals surface area contributed by atoms with Gasteiger partial charge in [-0.2, -0.15) is 0 Å². The summed E-state index contributed by atoms with van der Waals surface area (Å²) in [6.45, 7) is 4.27. The zero-order chi connectivity index (χ0) is 8.10. The van der Waals surface area contributed by atoms with Crippen LogP contribution in [0.15, 0.2) is 0 Å². The Labute approximate surface area is 69.0 Å². The molecule has 0 aromatic rings. The maximum atomic E-state index is 9.63. The van der Waals surface area contributed by atoms with Gasteiger partial charge in [-0.05, 0) is 31.7 Å². The van der Waals surface area contributed by atoms with E-state index in [0.29, 0.717) is 5.92 Å². The predicted molar refractivity (Wildman–Crippen MR) is 46.5 cm³/mol. The largest absolute Gasteiger partial charge is 0.393 e. The molecule has 2 nitrogen and oxygen atoms in total. The van der Waals surface area contributed by atoms with Crippen LogP contribution in [0.4, 0.5) is 0 Å². The van der Waals surface area contributed by atoms with E-state index in [9.17, 15) is 5.11 Å². The number of rotatable bonds is 3. The fourth-order valence-corrected chi connectivity index (χ4v) is 1.74. The Morgan fingerprint density at radius 2 is 2.45 bits per heavy atom. The maximum Gasteiger partial charge on any atom is 0.0580 e. The first-order valence-electron chi connectivity index (χ1n) is 4.73. The molecule has 1 unspecified atom stereocenters. The number of aliphatic hydroxyl groups is 1. The van der Waals surface area contributed by atoms with Crippen molar-refractivity contribution in [1.29, 1.82) is 0 Å². The van der Waals surface area contributed by atoms with Gasteiger partial charge in [-0.15, -0.1) is 0 Å². The maximum absolute atomic E-state index is 9.63. The highest BCUT2D eigenvalue weighted by Crippen LogP contribution is 2.17. The molecule has 0 saturated carbocycles. The minimum Gasteiger partial charge on any atom is -0.393 e. The first kappa shape index (κ1) is 9.01. The minimum absolute atomic E-state index is 0.0622. The van der Waals surface area contributed by atoms with Gasteiger partial charge in [-0.3, -0.25) is 0 Å². The molecule has 0 amide bonds. The third kappa shape index (κ3) is 2.80. The van der Waals surface area contributed by atoms with Crippen LogP contribution >= 0.6 is 0 Å². The average Bonchev–Trinajstić information content (AvgIpc) is 2.07. The zero-order valence-corrected chi connectivity index (χ0v) is 7.34. The Morgan fingerprint density at radius 1 is 1.64 bits per heavy atom. The molecular formula is C9H19NO. The molecule has 0 aromatic carbocycles. The summed E-state index contributed by atoms with van der Waals surface area (Å²) >= 11 is 0. The molecule has 1 fully saturated rings. The van der Waals surface area contributed by atoms with Crippen molar-refractivity contribution in [1.82, 2.24) is 5.32 Å². The average molecular weight is 157 g/mol. The van der Waals surface area contributed by atoms with Gasteiger partial charge in [0.25, 0.3) is 0 Å². The highest BCUT2D eigenvalue weighted by molar-refractivity contribution is 4.75. The predicted octanol–water partition coefficient (Wildman–Crippen LogP) is 1.15. The van der Waals surface area contributed by atoms with Gasteiger partial charge in [0.15, 0.2) is 0 Å². The smallest absolute Gasteiger partial charge is 0.0580 e. The Balaban J connectivity index is 2.21. The second kappa shape index (κ2) is 4.73. The van der Waals surface area contributed by atoms with Crippen LogP contribution in [-0.2, 0) is 0 Å². The fraction of sp³-hybridized carbons (Fsp3) is 1.00. The molecule has 2 heteroatoms. The van der Waals surface area contributed by atoms with E-state index in [2.05, 4.69) is 12.2 Å². The molecule has 0 spiro atoms. The molecule has 2 N–H and O–H groups in total. The fourth-order valence-electron chi connectivity index (χ4n) is 1.74. The van der Waals surface area contributed by atoms with E-state index in [1.807, 2.05) is 0 Å². The molecule has 11 heavy (non-hydrogen) atoms. The van der Waals surface area contributed by atoms with Crippen molar-refractivity contribution in [3.63, 3.8) is 0 Å². The molecule has 0 bridgehead atoms. The summed E-state index contributed by atoms with van der Waals surface area (Å²) in [4.78, 5) is 0. The molecule has 66 valence electrons. The number of hydrogen-bond donors (Lipinski definition) is 2. The second-order valence-electron chi connectivity index (χ2n) is 3.46. The number of piperidine rings is 1. The summed E-state index contributed by atoms with van der Waals surface area (Å²) in [5, 5.41) is 12.9. The lowest BCUT2D eigenvalue weighted by Crippen LogP contribution is -2.36. The van der Waals surface area contributed by atoms with E-state index in [4.69, 9.17) is 0 Å². The molecular weight excluding hydrogens is 138 g/mol. The summed E-state index contributed by atoms with van der Waals surface area (Å²) in [5.74, 6) is 0.517. The lowest BCUT2D eigenvalue weighted by molar-refractivity contribution is 0.0835. The highest BCUT2D eigenvalue weighted by Gasteiger charge is 2.19. The van der Waals surface area contributed by atoms with Crippen molar-refractivity contribution in [3.8, 4) is 0 Å². The van der Waals surface area contributed by atoms with Gasteiger partial charge in [-0.25, -0.2) is 0 Å². The first-order chi connectivity index (χ1) is 5.34. The standard InChI is InChI=1S/C9H19NO/c1-2-4-9(11)8-5-3-6-10-7-8/h8-11H,2-7H2,1H3/t8-,9?/m0/s1. The first-order valence-corrected chi connectivity index (χ1v) is 4.73. The molecule has 0 radical (unpaired) electrons. The van der Waals surface area contributed by atoms with Crippen molar-refractivity contribution in [2.45, 2.75) is 38.7 Å². The number of aliphatic hydroxyl groups excluding tert-OH is 1. The number of nitrogens with one attached hydrogen (secondary N) is 1. The minimum atomic E-state index is -0.0622. The van der Waals surface area contributed by atoms with Gasteiger partial charge in [0.2, 0.25) is 0 Å². The highest BCUT2D eigenvalue weighted by atomic mass is 16.3. The quantitative estimate of drug-likeness (QED) is 0.644. The van der Waals surface area contributed by atoms with Crippen LogP contribution in [0.2, 0.25) is 0 Å². The van der Waals surface area contributed by atoms with Crippen LogP contribution in [-0.4, -0.2) is 24.3 Å². The third-order valence-electron chi connectivity index (χ3n) is 2.46. The molecule has 1 rings (SSSR count). The molecule has 1 aliphatic rings. The summed E-state index contributed by atoms with van der Waals surface area (Å²) in [6, 6.07) is 0. The summed E-state index contributed by atoms with van der Waals surface area (Å²) in [5.41, 5.74) is 0. The van der Waals surface area contributed by atoms with E-state index in [0.717, 1.165) is 25.9 Å². The molecule has 1 aliphatic heterocycles. The van der Waals surface area contributed by atoms with Crippen molar-refractivity contribution in [3.05, 3.63) is 0 Å². The van der Waals surface area contributed by atoms with Crippen molar-refractivity contribution < 1.29 is 5.11 Å². The summed E-state index contributed by atoms with van der Waals surface area (Å²) < 4.78 is 0. The Hall–Kier alpha value is -0.0800. The van der Waals surface area contributed by atoms with Crippen molar-refractivity contribution in [2.24, 2.45) is 5.92 Å². The Morgan fingerprint density at radius 3 is 3.00 bits per heavy atom. The lowest BCUT2D eigenvalue weighted by atomic mass is 9.91. The van der Waals surface area contributed by atoms with E-state index in [-0.39, 0.29) is 6.10 Å². The molecule has 0 aromatic heterocycles. The molecule has 1 saturated heterocycles. The van der Waals surface area contributed by atoms with E-state index in [1.54, 1.807) is 0 Å². The molecule has 1 heterocycles. The summed E-state index contributed by atoms with van der Waals surface area (Å²) in [6.07, 6.45) is 4.43. The monoisotopic (exact) mass is 157 g/mol. The van der Waals surface area contributed by atoms with Crippen LogP contribution in [0.5, 0.6) is 0 Å². The van der Waals surface area contributed by atoms with Gasteiger partial charge in [0.1, 0.15) is 0 Å². The van der Waals surface area contributed by atoms with Gasteiger partial charge in [0, 0.05) is 6.54 Å². The normalized spacial score (nSPS) is 28.4. The SMILES string of the molecule is CCCC(O)[C@H]1CCCNC1. The topological polar surface area (TPSA) is 32.3 Å². The van der Waals surface area contributed by atoms with Gasteiger partial charge in [-0.1, -0.05) is 13.3 Å². The lowest BCUT2D eigenvalue weighted by Gasteiger charge is -2.26. The zero-order valence-electron chi connectivity index (χ0n) is 7.34. The Bertz CT molecular complexity index is 99.7. The Kier molecular flexibility index (Phi) is 3.87. The molecule has 2 atom stereocenters. The van der Waals surface area contributed by atoms with Crippen molar-refractivity contribution in [2.75, 3.05) is 13.1 Å². The summed E-state index contributed by atoms with van der Waals surface area (Å²) in [7, 11) is 0. The van der Waals surface area contributed by atoms with E-state index >= 15 is 0 Å². The van der Waals surface area contributed by atoms with Gasteiger partial charge < -0.3 is 10.4 Å². The van der Waals surface area contributed by atoms with Crippen LogP contribution < -0.4 is 5.32 Å². The van der Waals surface area contributed by atoms with Crippen LogP contribution in [0, 0.1) is 5.92 Å².